The van der Waals surface area contributed by atoms with E-state index < -0.39 is 49.1 Å². The standard InChI is InChI=1S/C23H25NO8/c1-14(25)29-19-18-17(13-28-21(31-18)15-9-5-3-6-10-15)30-22(27-2)20(19)32-23(26)24-16-11-7-4-8-12-16/h3-12,17-22H,13H2,1-2H3,(H,24,26)/t17-,18-,19+,20-,21-,22+/m1/s1. The third-order valence-electron chi connectivity index (χ3n) is 5.15. The minimum atomic E-state index is -1.07. The molecule has 2 aromatic carbocycles. The van der Waals surface area contributed by atoms with Crippen molar-refractivity contribution in [2.75, 3.05) is 19.0 Å². The number of nitrogens with one attached hydrogen (secondary N) is 1. The molecule has 0 radical (unpaired) electrons. The van der Waals surface area contributed by atoms with Gasteiger partial charge in [-0.3, -0.25) is 10.1 Å². The predicted molar refractivity (Wildman–Crippen MR) is 112 cm³/mol. The second kappa shape index (κ2) is 10.1. The fourth-order valence-electron chi connectivity index (χ4n) is 3.76. The molecule has 32 heavy (non-hydrogen) atoms. The number of rotatable bonds is 5. The highest BCUT2D eigenvalue weighted by molar-refractivity contribution is 5.84. The molecule has 9 heteroatoms. The molecule has 0 aromatic heterocycles. The molecule has 0 unspecified atom stereocenters. The van der Waals surface area contributed by atoms with E-state index in [-0.39, 0.29) is 6.61 Å². The first kappa shape index (κ1) is 22.2. The van der Waals surface area contributed by atoms with Crippen molar-refractivity contribution < 1.29 is 38.0 Å². The van der Waals surface area contributed by atoms with E-state index in [2.05, 4.69) is 5.32 Å². The molecule has 0 aliphatic carbocycles. The van der Waals surface area contributed by atoms with Crippen molar-refractivity contribution in [2.24, 2.45) is 0 Å². The summed E-state index contributed by atoms with van der Waals surface area (Å²) in [6.45, 7) is 1.46. The van der Waals surface area contributed by atoms with Gasteiger partial charge in [-0.05, 0) is 12.1 Å². The van der Waals surface area contributed by atoms with E-state index in [1.807, 2.05) is 36.4 Å². The number of methoxy groups -OCH3 is 1. The van der Waals surface area contributed by atoms with Gasteiger partial charge in [0, 0.05) is 25.3 Å². The van der Waals surface area contributed by atoms with Crippen molar-refractivity contribution in [3.8, 4) is 0 Å². The summed E-state index contributed by atoms with van der Waals surface area (Å²) in [4.78, 5) is 24.5. The first-order chi connectivity index (χ1) is 15.5. The highest BCUT2D eigenvalue weighted by atomic mass is 16.8. The van der Waals surface area contributed by atoms with Crippen molar-refractivity contribution >= 4 is 17.7 Å². The van der Waals surface area contributed by atoms with Gasteiger partial charge in [0.05, 0.1) is 6.61 Å². The Bertz CT molecular complexity index is 909. The van der Waals surface area contributed by atoms with Gasteiger partial charge in [-0.25, -0.2) is 4.79 Å². The van der Waals surface area contributed by atoms with Crippen molar-refractivity contribution in [1.82, 2.24) is 0 Å². The molecule has 0 saturated carbocycles. The average Bonchev–Trinajstić information content (AvgIpc) is 2.81. The van der Waals surface area contributed by atoms with Gasteiger partial charge in [0.1, 0.15) is 12.2 Å². The smallest absolute Gasteiger partial charge is 0.412 e. The first-order valence-electron chi connectivity index (χ1n) is 10.3. The van der Waals surface area contributed by atoms with Crippen molar-refractivity contribution in [3.63, 3.8) is 0 Å². The predicted octanol–water partition coefficient (Wildman–Crippen LogP) is 3.02. The quantitative estimate of drug-likeness (QED) is 0.704. The Hall–Kier alpha value is -2.98. The van der Waals surface area contributed by atoms with Crippen LogP contribution in [0.25, 0.3) is 0 Å². The zero-order chi connectivity index (χ0) is 22.5. The number of ether oxygens (including phenoxy) is 6. The zero-order valence-corrected chi connectivity index (χ0v) is 17.7. The molecular weight excluding hydrogens is 418 g/mol. The van der Waals surface area contributed by atoms with Gasteiger partial charge in [0.25, 0.3) is 0 Å². The monoisotopic (exact) mass is 443 g/mol. The van der Waals surface area contributed by atoms with Crippen LogP contribution in [0, 0.1) is 0 Å². The van der Waals surface area contributed by atoms with E-state index in [1.54, 1.807) is 24.3 Å². The lowest BCUT2D eigenvalue weighted by molar-refractivity contribution is -0.357. The average molecular weight is 443 g/mol. The molecule has 6 atom stereocenters. The molecular formula is C23H25NO8. The maximum Gasteiger partial charge on any atom is 0.412 e. The van der Waals surface area contributed by atoms with Crippen LogP contribution in [0.15, 0.2) is 60.7 Å². The molecule has 0 spiro atoms. The largest absolute Gasteiger partial charge is 0.455 e. The lowest BCUT2D eigenvalue weighted by Crippen LogP contribution is -2.64. The number of carbonyl (C=O) groups excluding carboxylic acids is 2. The van der Waals surface area contributed by atoms with Gasteiger partial charge < -0.3 is 28.4 Å². The lowest BCUT2D eigenvalue weighted by Gasteiger charge is -2.47. The van der Waals surface area contributed by atoms with Crippen LogP contribution in [0.3, 0.4) is 0 Å². The van der Waals surface area contributed by atoms with Crippen LogP contribution in [0.5, 0.6) is 0 Å². The number of hydrogen-bond donors (Lipinski definition) is 1. The van der Waals surface area contributed by atoms with Crippen LogP contribution >= 0.6 is 0 Å². The number of amides is 1. The first-order valence-corrected chi connectivity index (χ1v) is 10.3. The fourth-order valence-corrected chi connectivity index (χ4v) is 3.76. The number of esters is 1. The second-order valence-electron chi connectivity index (χ2n) is 7.39. The van der Waals surface area contributed by atoms with Crippen LogP contribution in [-0.2, 0) is 33.2 Å². The molecule has 2 saturated heterocycles. The summed E-state index contributed by atoms with van der Waals surface area (Å²) in [5, 5.41) is 2.64. The minimum absolute atomic E-state index is 0.185. The van der Waals surface area contributed by atoms with Gasteiger partial charge in [-0.2, -0.15) is 0 Å². The number of para-hydroxylation sites is 1. The van der Waals surface area contributed by atoms with E-state index >= 15 is 0 Å². The molecule has 170 valence electrons. The van der Waals surface area contributed by atoms with Crippen molar-refractivity contribution in [3.05, 3.63) is 66.2 Å². The summed E-state index contributed by atoms with van der Waals surface area (Å²) >= 11 is 0. The summed E-state index contributed by atoms with van der Waals surface area (Å²) in [6, 6.07) is 18.2. The number of anilines is 1. The maximum atomic E-state index is 12.6. The Morgan fingerprint density at radius 2 is 1.62 bits per heavy atom. The Balaban J connectivity index is 1.55. The molecule has 2 aromatic rings. The summed E-state index contributed by atoms with van der Waals surface area (Å²) in [5.41, 5.74) is 1.36. The number of benzene rings is 2. The molecule has 2 aliphatic rings. The highest BCUT2D eigenvalue weighted by Crippen LogP contribution is 2.36. The van der Waals surface area contributed by atoms with Crippen LogP contribution in [0.1, 0.15) is 18.8 Å². The van der Waals surface area contributed by atoms with E-state index in [4.69, 9.17) is 28.4 Å². The van der Waals surface area contributed by atoms with Crippen LogP contribution in [0.2, 0.25) is 0 Å². The third-order valence-corrected chi connectivity index (χ3v) is 5.15. The van der Waals surface area contributed by atoms with Gasteiger partial charge in [0.15, 0.2) is 24.8 Å². The van der Waals surface area contributed by atoms with Gasteiger partial charge in [-0.15, -0.1) is 0 Å². The molecule has 4 rings (SSSR count). The van der Waals surface area contributed by atoms with Crippen LogP contribution in [0.4, 0.5) is 10.5 Å². The Morgan fingerprint density at radius 3 is 2.28 bits per heavy atom. The number of fused-ring (bicyclic) bond motifs is 1. The molecule has 0 bridgehead atoms. The van der Waals surface area contributed by atoms with Crippen LogP contribution in [-0.4, -0.2) is 56.5 Å². The molecule has 2 heterocycles. The zero-order valence-electron chi connectivity index (χ0n) is 17.7. The SMILES string of the molecule is CO[C@H]1O[C@@H]2CO[C@@H](c3ccccc3)O[C@H]2[C@H](OC(C)=O)[C@H]1OC(=O)Nc1ccccc1. The van der Waals surface area contributed by atoms with E-state index in [1.165, 1.54) is 14.0 Å². The topological polar surface area (TPSA) is 102 Å². The summed E-state index contributed by atoms with van der Waals surface area (Å²) < 4.78 is 34.4. The number of carbonyl (C=O) groups is 2. The minimum Gasteiger partial charge on any atom is -0.455 e. The lowest BCUT2D eigenvalue weighted by atomic mass is 9.97. The third kappa shape index (κ3) is 5.08. The Labute approximate surface area is 185 Å². The van der Waals surface area contributed by atoms with E-state index in [9.17, 15) is 9.59 Å². The fraction of sp³-hybridized carbons (Fsp3) is 0.391. The molecule has 2 fully saturated rings. The molecule has 1 N–H and O–H groups in total. The van der Waals surface area contributed by atoms with Crippen molar-refractivity contribution in [1.29, 1.82) is 0 Å². The molecule has 2 aliphatic heterocycles. The second-order valence-corrected chi connectivity index (χ2v) is 7.39. The maximum absolute atomic E-state index is 12.6. The summed E-state index contributed by atoms with van der Waals surface area (Å²) in [7, 11) is 1.42. The molecule has 1 amide bonds. The summed E-state index contributed by atoms with van der Waals surface area (Å²) in [6.07, 6.45) is -5.76. The Kier molecular flexibility index (Phi) is 7.01. The summed E-state index contributed by atoms with van der Waals surface area (Å²) in [5.74, 6) is -0.547. The van der Waals surface area contributed by atoms with Gasteiger partial charge in [0.2, 0.25) is 0 Å². The van der Waals surface area contributed by atoms with E-state index in [0.29, 0.717) is 5.69 Å². The van der Waals surface area contributed by atoms with Crippen LogP contribution < -0.4 is 5.32 Å². The van der Waals surface area contributed by atoms with Gasteiger partial charge in [-0.1, -0.05) is 48.5 Å². The highest BCUT2D eigenvalue weighted by Gasteiger charge is 2.53. The molecule has 9 nitrogen and oxygen atoms in total. The van der Waals surface area contributed by atoms with E-state index in [0.717, 1.165) is 5.56 Å². The van der Waals surface area contributed by atoms with Crippen molar-refractivity contribution in [2.45, 2.75) is 43.9 Å². The Morgan fingerprint density at radius 1 is 0.938 bits per heavy atom. The normalized spacial score (nSPS) is 29.4. The van der Waals surface area contributed by atoms with Gasteiger partial charge >= 0.3 is 12.1 Å². The number of hydrogen-bond acceptors (Lipinski definition) is 8.